The van der Waals surface area contributed by atoms with E-state index in [0.717, 1.165) is 21.0 Å². The van der Waals surface area contributed by atoms with Crippen LogP contribution < -0.4 is 9.62 Å². The van der Waals surface area contributed by atoms with Gasteiger partial charge >= 0.3 is 0 Å². The molecule has 4 rings (SSSR count). The van der Waals surface area contributed by atoms with Crippen molar-refractivity contribution in [2.24, 2.45) is 0 Å². The number of nitrogens with zero attached hydrogens (tertiary/aromatic N) is 2. The summed E-state index contributed by atoms with van der Waals surface area (Å²) in [7, 11) is -4.18. The number of carbonyl (C=O) groups is 2. The van der Waals surface area contributed by atoms with Crippen LogP contribution >= 0.6 is 23.2 Å². The SMILES string of the molecule is CC[C@H](C)NC(=O)[C@H](Cc1ccccc1)N(Cc1ccc(Cl)c(Cl)c1)C(=O)CN(c1ccc(C)cc1)S(=O)(=O)c1ccc(C)cc1. The van der Waals surface area contributed by atoms with Crippen LogP contribution in [0.1, 0.15) is 42.5 Å². The number of rotatable bonds is 13. The summed E-state index contributed by atoms with van der Waals surface area (Å²) < 4.78 is 29.4. The fraction of sp³-hybridized carbons (Fsp3) is 0.278. The predicted molar refractivity (Wildman–Crippen MR) is 186 cm³/mol. The van der Waals surface area contributed by atoms with Crippen molar-refractivity contribution in [1.82, 2.24) is 10.2 Å². The zero-order valence-electron chi connectivity index (χ0n) is 26.4. The molecule has 1 N–H and O–H groups in total. The van der Waals surface area contributed by atoms with Crippen molar-refractivity contribution in [3.05, 3.63) is 129 Å². The van der Waals surface area contributed by atoms with E-state index in [9.17, 15) is 18.0 Å². The second-order valence-corrected chi connectivity index (χ2v) is 14.1. The molecule has 0 aliphatic heterocycles. The highest BCUT2D eigenvalue weighted by Gasteiger charge is 2.35. The topological polar surface area (TPSA) is 86.8 Å². The molecule has 0 saturated carbocycles. The number of nitrogens with one attached hydrogen (secondary N) is 1. The first-order chi connectivity index (χ1) is 21.9. The summed E-state index contributed by atoms with van der Waals surface area (Å²) in [4.78, 5) is 30.0. The van der Waals surface area contributed by atoms with E-state index in [0.29, 0.717) is 27.7 Å². The average Bonchev–Trinajstić information content (AvgIpc) is 3.04. The Morgan fingerprint density at radius 1 is 0.804 bits per heavy atom. The van der Waals surface area contributed by atoms with Crippen LogP contribution in [-0.4, -0.2) is 43.8 Å². The summed E-state index contributed by atoms with van der Waals surface area (Å²) in [5.74, 6) is -0.891. The van der Waals surface area contributed by atoms with Gasteiger partial charge in [-0.2, -0.15) is 0 Å². The van der Waals surface area contributed by atoms with E-state index in [1.54, 1.807) is 54.6 Å². The second-order valence-electron chi connectivity index (χ2n) is 11.5. The van der Waals surface area contributed by atoms with Crippen LogP contribution in [-0.2, 0) is 32.6 Å². The number of hydrogen-bond acceptors (Lipinski definition) is 4. The van der Waals surface area contributed by atoms with E-state index in [4.69, 9.17) is 23.2 Å². The van der Waals surface area contributed by atoms with Crippen LogP contribution in [0.25, 0.3) is 0 Å². The lowest BCUT2D eigenvalue weighted by Gasteiger charge is -2.34. The maximum atomic E-state index is 14.6. The molecule has 0 bridgehead atoms. The van der Waals surface area contributed by atoms with E-state index in [1.807, 2.05) is 58.0 Å². The molecule has 0 unspecified atom stereocenters. The molecule has 0 aromatic heterocycles. The molecule has 0 spiro atoms. The zero-order chi connectivity index (χ0) is 33.4. The fourth-order valence-corrected chi connectivity index (χ4v) is 6.64. The molecular weight excluding hydrogens is 641 g/mol. The lowest BCUT2D eigenvalue weighted by atomic mass is 10.0. The average molecular weight is 681 g/mol. The van der Waals surface area contributed by atoms with E-state index in [2.05, 4.69) is 5.32 Å². The van der Waals surface area contributed by atoms with Gasteiger partial charge in [0.05, 0.1) is 20.6 Å². The van der Waals surface area contributed by atoms with E-state index < -0.39 is 28.5 Å². The van der Waals surface area contributed by atoms with Crippen molar-refractivity contribution < 1.29 is 18.0 Å². The standard InChI is InChI=1S/C36H39Cl2N3O4S/c1-5-27(4)39-36(43)34(22-28-9-7-6-8-10-28)40(23-29-15-20-32(37)33(38)21-29)35(42)24-41(30-16-11-25(2)12-17-30)46(44,45)31-18-13-26(3)14-19-31/h6-21,27,34H,5,22-24H2,1-4H3,(H,39,43)/t27-,34-/m0/s1. The minimum atomic E-state index is -4.18. The van der Waals surface area contributed by atoms with Crippen LogP contribution in [0.2, 0.25) is 10.0 Å². The molecule has 0 aliphatic carbocycles. The predicted octanol–water partition coefficient (Wildman–Crippen LogP) is 7.36. The van der Waals surface area contributed by atoms with Gasteiger partial charge < -0.3 is 10.2 Å². The molecule has 46 heavy (non-hydrogen) atoms. The number of anilines is 1. The van der Waals surface area contributed by atoms with Crippen LogP contribution in [0, 0.1) is 13.8 Å². The molecule has 0 heterocycles. The second kappa shape index (κ2) is 15.6. The largest absolute Gasteiger partial charge is 0.352 e. The van der Waals surface area contributed by atoms with Crippen LogP contribution in [0.15, 0.2) is 102 Å². The van der Waals surface area contributed by atoms with Gasteiger partial charge in [-0.05, 0) is 74.7 Å². The Labute approximate surface area is 282 Å². The molecule has 10 heteroatoms. The molecule has 4 aromatic rings. The number of halogens is 2. The molecule has 7 nitrogen and oxygen atoms in total. The first kappa shape index (κ1) is 35.0. The first-order valence-corrected chi connectivity index (χ1v) is 17.3. The molecule has 242 valence electrons. The highest BCUT2D eigenvalue weighted by molar-refractivity contribution is 7.92. The molecule has 0 fully saturated rings. The number of hydrogen-bond donors (Lipinski definition) is 1. The Kier molecular flexibility index (Phi) is 11.9. The number of amides is 2. The van der Waals surface area contributed by atoms with E-state index in [1.165, 1.54) is 17.0 Å². The quantitative estimate of drug-likeness (QED) is 0.160. The molecule has 0 aliphatic rings. The Balaban J connectivity index is 1.82. The zero-order valence-corrected chi connectivity index (χ0v) is 28.7. The number of sulfonamides is 1. The molecule has 0 saturated heterocycles. The summed E-state index contributed by atoms with van der Waals surface area (Å²) in [6.07, 6.45) is 0.909. The normalized spacial score (nSPS) is 12.7. The van der Waals surface area contributed by atoms with Gasteiger partial charge in [-0.3, -0.25) is 13.9 Å². The Morgan fingerprint density at radius 3 is 2.00 bits per heavy atom. The third kappa shape index (κ3) is 8.90. The monoisotopic (exact) mass is 679 g/mol. The van der Waals surface area contributed by atoms with E-state index >= 15 is 0 Å². The van der Waals surface area contributed by atoms with Crippen molar-refractivity contribution in [1.29, 1.82) is 0 Å². The summed E-state index contributed by atoms with van der Waals surface area (Å²) in [5, 5.41) is 3.69. The number of benzene rings is 4. The third-order valence-electron chi connectivity index (χ3n) is 7.82. The Hall–Kier alpha value is -3.85. The third-order valence-corrected chi connectivity index (χ3v) is 10.3. The van der Waals surface area contributed by atoms with Crippen LogP contribution in [0.3, 0.4) is 0 Å². The minimum Gasteiger partial charge on any atom is -0.352 e. The summed E-state index contributed by atoms with van der Waals surface area (Å²) in [6, 6.07) is 26.8. The molecule has 4 aromatic carbocycles. The summed E-state index contributed by atoms with van der Waals surface area (Å²) >= 11 is 12.5. The Bertz CT molecular complexity index is 1750. The highest BCUT2D eigenvalue weighted by Crippen LogP contribution is 2.27. The van der Waals surface area contributed by atoms with Crippen molar-refractivity contribution in [2.45, 2.75) is 64.1 Å². The van der Waals surface area contributed by atoms with Crippen LogP contribution in [0.5, 0.6) is 0 Å². The molecule has 0 radical (unpaired) electrons. The van der Waals surface area contributed by atoms with Gasteiger partial charge in [0.15, 0.2) is 0 Å². The summed E-state index contributed by atoms with van der Waals surface area (Å²) in [6.45, 7) is 7.09. The fourth-order valence-electron chi connectivity index (χ4n) is 4.91. The Morgan fingerprint density at radius 2 is 1.41 bits per heavy atom. The van der Waals surface area contributed by atoms with E-state index in [-0.39, 0.29) is 29.8 Å². The summed E-state index contributed by atoms with van der Waals surface area (Å²) in [5.41, 5.74) is 3.66. The first-order valence-electron chi connectivity index (χ1n) is 15.1. The van der Waals surface area contributed by atoms with Crippen molar-refractivity contribution >= 4 is 50.7 Å². The minimum absolute atomic E-state index is 0.00648. The highest BCUT2D eigenvalue weighted by atomic mass is 35.5. The van der Waals surface area contributed by atoms with Gasteiger partial charge in [0, 0.05) is 19.0 Å². The smallest absolute Gasteiger partial charge is 0.264 e. The maximum Gasteiger partial charge on any atom is 0.264 e. The van der Waals surface area contributed by atoms with Gasteiger partial charge in [-0.15, -0.1) is 0 Å². The lowest BCUT2D eigenvalue weighted by molar-refractivity contribution is -0.140. The van der Waals surface area contributed by atoms with Crippen molar-refractivity contribution in [3.8, 4) is 0 Å². The van der Waals surface area contributed by atoms with Crippen molar-refractivity contribution in [2.75, 3.05) is 10.8 Å². The van der Waals surface area contributed by atoms with Gasteiger partial charge in [-0.1, -0.05) is 102 Å². The number of aryl methyl sites for hydroxylation is 2. The number of carbonyl (C=O) groups excluding carboxylic acids is 2. The van der Waals surface area contributed by atoms with Gasteiger partial charge in [-0.25, -0.2) is 8.42 Å². The van der Waals surface area contributed by atoms with Crippen LogP contribution in [0.4, 0.5) is 5.69 Å². The maximum absolute atomic E-state index is 14.6. The van der Waals surface area contributed by atoms with Gasteiger partial charge in [0.2, 0.25) is 11.8 Å². The van der Waals surface area contributed by atoms with Crippen molar-refractivity contribution in [3.63, 3.8) is 0 Å². The molecular formula is C36H39Cl2N3O4S. The van der Waals surface area contributed by atoms with Gasteiger partial charge in [0.1, 0.15) is 12.6 Å². The lowest BCUT2D eigenvalue weighted by Crippen LogP contribution is -2.54. The molecule has 2 amide bonds. The van der Waals surface area contributed by atoms with Gasteiger partial charge in [0.25, 0.3) is 10.0 Å². The molecule has 2 atom stereocenters.